The summed E-state index contributed by atoms with van der Waals surface area (Å²) in [6.07, 6.45) is -4.50. The van der Waals surface area contributed by atoms with E-state index in [4.69, 9.17) is 18.5 Å². The number of aliphatic hydroxyl groups excluding tert-OH is 2. The average molecular weight is 602 g/mol. The van der Waals surface area contributed by atoms with Crippen LogP contribution in [0.2, 0.25) is 0 Å². The third-order valence-corrected chi connectivity index (χ3v) is 8.46. The summed E-state index contributed by atoms with van der Waals surface area (Å²) in [5.41, 5.74) is -0.328. The number of ether oxygens (including phenoxy) is 2. The molecule has 1 aliphatic heterocycles. The van der Waals surface area contributed by atoms with Crippen molar-refractivity contribution in [2.24, 2.45) is 0 Å². The van der Waals surface area contributed by atoms with Gasteiger partial charge in [-0.3, -0.25) is 18.7 Å². The fraction of sp³-hybridized carbons (Fsp3) is 0.407. The van der Waals surface area contributed by atoms with Gasteiger partial charge in [-0.2, -0.15) is 5.09 Å². The molecule has 4 aromatic rings. The normalized spacial score (nSPS) is 23.6. The van der Waals surface area contributed by atoms with Gasteiger partial charge in [-0.15, -0.1) is 0 Å². The Hall–Kier alpha value is -3.65. The number of benzene rings is 2. The number of esters is 1. The Morgan fingerprint density at radius 3 is 2.60 bits per heavy atom. The molecule has 224 valence electrons. The summed E-state index contributed by atoms with van der Waals surface area (Å²) >= 11 is 0. The largest absolute Gasteiger partial charge is 0.462 e. The summed E-state index contributed by atoms with van der Waals surface area (Å²) in [7, 11) is -4.38. The molecule has 15 heteroatoms. The molecule has 2 aromatic carbocycles. The van der Waals surface area contributed by atoms with E-state index in [2.05, 4.69) is 20.0 Å². The number of aromatic amines is 1. The number of imidazole rings is 1. The van der Waals surface area contributed by atoms with Gasteiger partial charge in [0.25, 0.3) is 5.56 Å². The number of aliphatic hydroxyl groups is 2. The van der Waals surface area contributed by atoms with Gasteiger partial charge in [0.2, 0.25) is 0 Å². The van der Waals surface area contributed by atoms with Crippen LogP contribution >= 0.6 is 7.75 Å². The van der Waals surface area contributed by atoms with Crippen LogP contribution in [0.3, 0.4) is 0 Å². The Bertz CT molecular complexity index is 1690. The number of fused-ring (bicyclic) bond motifs is 2. The monoisotopic (exact) mass is 601 g/mol. The zero-order valence-electron chi connectivity index (χ0n) is 23.3. The van der Waals surface area contributed by atoms with Gasteiger partial charge in [0.15, 0.2) is 17.4 Å². The first kappa shape index (κ1) is 29.8. The first-order valence-corrected chi connectivity index (χ1v) is 14.9. The highest BCUT2D eigenvalue weighted by Crippen LogP contribution is 2.49. The van der Waals surface area contributed by atoms with Crippen LogP contribution in [0.1, 0.15) is 33.9 Å². The molecule has 2 aromatic heterocycles. The maximum Gasteiger partial charge on any atom is 0.459 e. The Labute approximate surface area is 240 Å². The topological polar surface area (TPSA) is 187 Å². The van der Waals surface area contributed by atoms with Crippen molar-refractivity contribution in [1.82, 2.24) is 24.6 Å². The number of nitrogens with zero attached hydrogens (tertiary/aromatic N) is 3. The van der Waals surface area contributed by atoms with Crippen LogP contribution in [-0.2, 0) is 23.4 Å². The van der Waals surface area contributed by atoms with Crippen LogP contribution in [-0.4, -0.2) is 72.3 Å². The lowest BCUT2D eigenvalue weighted by atomic mass is 10.1. The summed E-state index contributed by atoms with van der Waals surface area (Å²) in [6, 6.07) is 11.4. The molecule has 1 saturated heterocycles. The molecule has 7 unspecified atom stereocenters. The SMILES string of the molecule is CC(C)OC(=O)C(C)NP(=O)(Oc1cccc2ccccc12)OC(C)C1OC(n2cnc3c(=O)[nH]cnc32)C(O)C1O. The first-order valence-electron chi connectivity index (χ1n) is 13.3. The van der Waals surface area contributed by atoms with E-state index in [1.807, 2.05) is 18.2 Å². The fourth-order valence-corrected chi connectivity index (χ4v) is 6.45. The van der Waals surface area contributed by atoms with Crippen molar-refractivity contribution in [2.75, 3.05) is 0 Å². The molecule has 1 aliphatic rings. The number of nitrogens with one attached hydrogen (secondary N) is 2. The number of hydrogen-bond acceptors (Lipinski definition) is 11. The summed E-state index contributed by atoms with van der Waals surface area (Å²) in [6.45, 7) is 6.31. The van der Waals surface area contributed by atoms with E-state index in [9.17, 15) is 24.4 Å². The summed E-state index contributed by atoms with van der Waals surface area (Å²) < 4.78 is 38.7. The number of carbonyl (C=O) groups is 1. The molecule has 4 N–H and O–H groups in total. The van der Waals surface area contributed by atoms with Gasteiger partial charge in [0, 0.05) is 5.39 Å². The molecule has 3 heterocycles. The number of hydrogen-bond donors (Lipinski definition) is 4. The van der Waals surface area contributed by atoms with Crippen LogP contribution in [0.4, 0.5) is 0 Å². The lowest BCUT2D eigenvalue weighted by molar-refractivity contribution is -0.149. The molecule has 0 amide bonds. The van der Waals surface area contributed by atoms with Crippen LogP contribution in [0.5, 0.6) is 5.75 Å². The van der Waals surface area contributed by atoms with E-state index in [-0.39, 0.29) is 16.9 Å². The van der Waals surface area contributed by atoms with Gasteiger partial charge in [-0.1, -0.05) is 36.4 Å². The highest BCUT2D eigenvalue weighted by molar-refractivity contribution is 7.52. The van der Waals surface area contributed by atoms with Crippen LogP contribution < -0.4 is 15.2 Å². The number of rotatable bonds is 10. The van der Waals surface area contributed by atoms with E-state index in [1.165, 1.54) is 31.1 Å². The third-order valence-electron chi connectivity index (χ3n) is 6.71. The second-order valence-electron chi connectivity index (χ2n) is 10.2. The van der Waals surface area contributed by atoms with Gasteiger partial charge in [-0.05, 0) is 39.1 Å². The highest BCUT2D eigenvalue weighted by atomic mass is 31.2. The average Bonchev–Trinajstić information content (AvgIpc) is 3.50. The van der Waals surface area contributed by atoms with E-state index in [0.717, 1.165) is 5.39 Å². The van der Waals surface area contributed by atoms with Crippen LogP contribution in [0.25, 0.3) is 21.9 Å². The summed E-state index contributed by atoms with van der Waals surface area (Å²) in [4.78, 5) is 35.2. The minimum atomic E-state index is -4.38. The molecule has 0 radical (unpaired) electrons. The zero-order valence-corrected chi connectivity index (χ0v) is 24.2. The van der Waals surface area contributed by atoms with Gasteiger partial charge in [0.05, 0.1) is 24.9 Å². The lowest BCUT2D eigenvalue weighted by Gasteiger charge is -2.29. The maximum absolute atomic E-state index is 14.3. The Balaban J connectivity index is 1.42. The fourth-order valence-electron chi connectivity index (χ4n) is 4.74. The van der Waals surface area contributed by atoms with E-state index < -0.39 is 62.1 Å². The second kappa shape index (κ2) is 11.9. The predicted molar refractivity (Wildman–Crippen MR) is 151 cm³/mol. The quantitative estimate of drug-likeness (QED) is 0.154. The van der Waals surface area contributed by atoms with Crippen molar-refractivity contribution < 1.29 is 38.1 Å². The van der Waals surface area contributed by atoms with Crippen LogP contribution in [0.15, 0.2) is 59.9 Å². The van der Waals surface area contributed by atoms with Crippen molar-refractivity contribution >= 4 is 35.7 Å². The molecule has 0 aliphatic carbocycles. The Morgan fingerprint density at radius 2 is 1.83 bits per heavy atom. The van der Waals surface area contributed by atoms with Crippen molar-refractivity contribution in [3.8, 4) is 5.75 Å². The van der Waals surface area contributed by atoms with Crippen molar-refractivity contribution in [1.29, 1.82) is 0 Å². The number of carbonyl (C=O) groups excluding carboxylic acids is 1. The smallest absolute Gasteiger partial charge is 0.459 e. The van der Waals surface area contributed by atoms with Gasteiger partial charge >= 0.3 is 13.7 Å². The molecule has 5 rings (SSSR count). The lowest BCUT2D eigenvalue weighted by Crippen LogP contribution is -2.41. The van der Waals surface area contributed by atoms with Crippen molar-refractivity contribution in [2.45, 2.75) is 70.5 Å². The molecular weight excluding hydrogens is 569 g/mol. The molecule has 0 spiro atoms. The van der Waals surface area contributed by atoms with Crippen LogP contribution in [0, 0.1) is 0 Å². The second-order valence-corrected chi connectivity index (χ2v) is 11.9. The Morgan fingerprint density at radius 1 is 1.10 bits per heavy atom. The molecule has 0 bridgehead atoms. The van der Waals surface area contributed by atoms with Gasteiger partial charge in [-0.25, -0.2) is 14.5 Å². The van der Waals surface area contributed by atoms with E-state index >= 15 is 0 Å². The third kappa shape index (κ3) is 5.95. The molecule has 42 heavy (non-hydrogen) atoms. The molecular formula is C27H32N5O9P. The number of aromatic nitrogens is 4. The standard InChI is InChI=1S/C27H32N5O9P/c1-14(2)38-27(36)15(3)31-42(37,41-19-11-7-9-17-8-5-6-10-18(17)19)40-16(4)23-21(33)22(34)26(39-23)32-13-30-20-24(32)28-12-29-25(20)35/h5-16,21-23,26,33-34H,1-4H3,(H,31,37)(H,28,29,35). The van der Waals surface area contributed by atoms with Crippen molar-refractivity contribution in [3.05, 3.63) is 65.5 Å². The molecule has 1 fully saturated rings. The van der Waals surface area contributed by atoms with Gasteiger partial charge in [0.1, 0.15) is 30.1 Å². The number of H-pyrrole nitrogens is 1. The Kier molecular flexibility index (Phi) is 8.46. The van der Waals surface area contributed by atoms with Crippen molar-refractivity contribution in [3.63, 3.8) is 0 Å². The molecule has 7 atom stereocenters. The van der Waals surface area contributed by atoms with Gasteiger partial charge < -0.3 is 29.2 Å². The minimum Gasteiger partial charge on any atom is -0.462 e. The molecule has 0 saturated carbocycles. The zero-order chi connectivity index (χ0) is 30.2. The summed E-state index contributed by atoms with van der Waals surface area (Å²) in [5.74, 6) is -0.447. The minimum absolute atomic E-state index is 0.0231. The molecule has 14 nitrogen and oxygen atoms in total. The highest BCUT2D eigenvalue weighted by Gasteiger charge is 2.49. The van der Waals surface area contributed by atoms with E-state index in [0.29, 0.717) is 5.39 Å². The maximum atomic E-state index is 14.3. The first-order chi connectivity index (χ1) is 20.0. The van der Waals surface area contributed by atoms with E-state index in [1.54, 1.807) is 38.1 Å². The summed E-state index contributed by atoms with van der Waals surface area (Å²) in [5, 5.41) is 25.9. The predicted octanol–water partition coefficient (Wildman–Crippen LogP) is 2.41.